The molecule has 1 aromatic heterocycles. The summed E-state index contributed by atoms with van der Waals surface area (Å²) < 4.78 is 44.1. The molecule has 0 amide bonds. The van der Waals surface area contributed by atoms with Gasteiger partial charge in [-0.15, -0.1) is 0 Å². The van der Waals surface area contributed by atoms with Gasteiger partial charge in [0, 0.05) is 0 Å². The second-order valence-corrected chi connectivity index (χ2v) is 11.7. The zero-order valence-electron chi connectivity index (χ0n) is 13.3. The van der Waals surface area contributed by atoms with Crippen LogP contribution in [0.25, 0.3) is 5.57 Å². The summed E-state index contributed by atoms with van der Waals surface area (Å²) in [4.78, 5) is 6.99. The summed E-state index contributed by atoms with van der Waals surface area (Å²) in [5.41, 5.74) is -0.693. The molecular weight excluding hydrogens is 333 g/mol. The number of halogens is 4. The van der Waals surface area contributed by atoms with Crippen molar-refractivity contribution in [3.05, 3.63) is 29.3 Å². The number of hydrogen-bond acceptors (Lipinski definition) is 3. The SMILES string of the molecule is C=C(CO[Si](C)(C)C(C)(C)C)c1cc(C(F)(F)F)nc(Cl)n1. The largest absolute Gasteiger partial charge is 0.433 e. The van der Waals surface area contributed by atoms with Crippen molar-refractivity contribution in [3.8, 4) is 0 Å². The lowest BCUT2D eigenvalue weighted by Crippen LogP contribution is -2.41. The number of alkyl halides is 3. The molecule has 0 spiro atoms. The summed E-state index contributed by atoms with van der Waals surface area (Å²) in [6.45, 7) is 14.2. The molecule has 0 fully saturated rings. The third-order valence-electron chi connectivity index (χ3n) is 3.76. The van der Waals surface area contributed by atoms with Crippen molar-refractivity contribution in [2.24, 2.45) is 0 Å². The van der Waals surface area contributed by atoms with E-state index in [0.29, 0.717) is 5.57 Å². The monoisotopic (exact) mass is 352 g/mol. The lowest BCUT2D eigenvalue weighted by atomic mass is 10.2. The summed E-state index contributed by atoms with van der Waals surface area (Å²) >= 11 is 5.57. The molecule has 0 saturated heterocycles. The topological polar surface area (TPSA) is 35.0 Å². The first-order chi connectivity index (χ1) is 9.74. The van der Waals surface area contributed by atoms with E-state index in [1.165, 1.54) is 0 Å². The molecule has 0 radical (unpaired) electrons. The third kappa shape index (κ3) is 4.79. The van der Waals surface area contributed by atoms with Crippen molar-refractivity contribution in [2.75, 3.05) is 6.61 Å². The molecule has 0 aromatic carbocycles. The van der Waals surface area contributed by atoms with Gasteiger partial charge in [0.2, 0.25) is 5.28 Å². The highest BCUT2D eigenvalue weighted by Gasteiger charge is 2.37. The summed E-state index contributed by atoms with van der Waals surface area (Å²) in [6.07, 6.45) is -4.58. The lowest BCUT2D eigenvalue weighted by Gasteiger charge is -2.36. The molecule has 0 aliphatic heterocycles. The predicted molar refractivity (Wildman–Crippen MR) is 84.2 cm³/mol. The fourth-order valence-electron chi connectivity index (χ4n) is 1.30. The zero-order chi connectivity index (χ0) is 17.3. The number of hydrogen-bond donors (Lipinski definition) is 0. The Morgan fingerprint density at radius 1 is 1.27 bits per heavy atom. The zero-order valence-corrected chi connectivity index (χ0v) is 15.1. The molecule has 1 heterocycles. The predicted octanol–water partition coefficient (Wildman–Crippen LogP) is 5.18. The van der Waals surface area contributed by atoms with Crippen LogP contribution in [0.1, 0.15) is 32.2 Å². The molecule has 0 aliphatic carbocycles. The van der Waals surface area contributed by atoms with E-state index in [1.54, 1.807) is 0 Å². The van der Waals surface area contributed by atoms with Gasteiger partial charge in [0.25, 0.3) is 0 Å². The van der Waals surface area contributed by atoms with E-state index in [-0.39, 0.29) is 17.3 Å². The minimum atomic E-state index is -4.58. The van der Waals surface area contributed by atoms with Gasteiger partial charge in [-0.25, -0.2) is 9.97 Å². The molecule has 0 saturated carbocycles. The Balaban J connectivity index is 2.94. The van der Waals surface area contributed by atoms with Gasteiger partial charge in [0.15, 0.2) is 8.32 Å². The van der Waals surface area contributed by atoms with E-state index in [2.05, 4.69) is 37.3 Å². The van der Waals surface area contributed by atoms with Crippen molar-refractivity contribution in [2.45, 2.75) is 45.1 Å². The minimum absolute atomic E-state index is 0.00622. The molecule has 8 heteroatoms. The van der Waals surface area contributed by atoms with Crippen molar-refractivity contribution in [1.82, 2.24) is 9.97 Å². The molecule has 3 nitrogen and oxygen atoms in total. The molecule has 1 rings (SSSR count). The van der Waals surface area contributed by atoms with Gasteiger partial charge in [0.1, 0.15) is 5.69 Å². The number of rotatable bonds is 4. The third-order valence-corrected chi connectivity index (χ3v) is 8.41. The van der Waals surface area contributed by atoms with Crippen molar-refractivity contribution < 1.29 is 17.6 Å². The normalized spacial score (nSPS) is 13.3. The second-order valence-electron chi connectivity index (χ2n) is 6.56. The first-order valence-electron chi connectivity index (χ1n) is 6.68. The lowest BCUT2D eigenvalue weighted by molar-refractivity contribution is -0.141. The molecule has 22 heavy (non-hydrogen) atoms. The first kappa shape index (κ1) is 19.1. The highest BCUT2D eigenvalue weighted by Crippen LogP contribution is 2.37. The Labute approximate surface area is 134 Å². The van der Waals surface area contributed by atoms with Crippen LogP contribution < -0.4 is 0 Å². The van der Waals surface area contributed by atoms with Gasteiger partial charge in [-0.05, 0) is 41.4 Å². The van der Waals surface area contributed by atoms with Crippen LogP contribution >= 0.6 is 11.6 Å². The van der Waals surface area contributed by atoms with E-state index in [9.17, 15) is 13.2 Å². The highest BCUT2D eigenvalue weighted by atomic mass is 35.5. The fraction of sp³-hybridized carbons (Fsp3) is 0.571. The molecule has 0 bridgehead atoms. The van der Waals surface area contributed by atoms with Gasteiger partial charge >= 0.3 is 6.18 Å². The second kappa shape index (κ2) is 6.29. The quantitative estimate of drug-likeness (QED) is 0.553. The van der Waals surface area contributed by atoms with Crippen LogP contribution in [0.15, 0.2) is 12.6 Å². The Morgan fingerprint density at radius 3 is 2.27 bits per heavy atom. The molecule has 124 valence electrons. The fourth-order valence-corrected chi connectivity index (χ4v) is 2.45. The molecule has 0 atom stereocenters. The van der Waals surface area contributed by atoms with Crippen molar-refractivity contribution in [1.29, 1.82) is 0 Å². The minimum Gasteiger partial charge on any atom is -0.413 e. The smallest absolute Gasteiger partial charge is 0.413 e. The van der Waals surface area contributed by atoms with Crippen LogP contribution in [-0.4, -0.2) is 24.9 Å². The van der Waals surface area contributed by atoms with Crippen LogP contribution in [0.5, 0.6) is 0 Å². The highest BCUT2D eigenvalue weighted by molar-refractivity contribution is 6.74. The maximum Gasteiger partial charge on any atom is 0.433 e. The van der Waals surface area contributed by atoms with E-state index in [4.69, 9.17) is 16.0 Å². The Bertz CT molecular complexity index is 568. The average Bonchev–Trinajstić information content (AvgIpc) is 2.32. The molecule has 1 aromatic rings. The Hall–Kier alpha value is -0.923. The summed E-state index contributed by atoms with van der Waals surface area (Å²) in [6, 6.07) is 0.837. The molecular formula is C14H20ClF3N2OSi. The summed E-state index contributed by atoms with van der Waals surface area (Å²) in [7, 11) is -2.02. The van der Waals surface area contributed by atoms with Crippen molar-refractivity contribution in [3.63, 3.8) is 0 Å². The van der Waals surface area contributed by atoms with E-state index in [0.717, 1.165) is 6.07 Å². The van der Waals surface area contributed by atoms with Crippen molar-refractivity contribution >= 4 is 25.5 Å². The average molecular weight is 353 g/mol. The summed E-state index contributed by atoms with van der Waals surface area (Å²) in [5, 5.41) is -0.466. The van der Waals surface area contributed by atoms with Crippen LogP contribution in [0, 0.1) is 0 Å². The standard InChI is InChI=1S/C14H20ClF3N2OSi/c1-9(8-21-22(5,6)13(2,3)4)10-7-11(14(16,17)18)20-12(15)19-10/h7H,1,8H2,2-6H3. The van der Waals surface area contributed by atoms with E-state index in [1.807, 2.05) is 13.1 Å². The number of aromatic nitrogens is 2. The van der Waals surface area contributed by atoms with E-state index >= 15 is 0 Å². The molecule has 0 unspecified atom stereocenters. The van der Waals surface area contributed by atoms with Gasteiger partial charge in [-0.2, -0.15) is 13.2 Å². The maximum absolute atomic E-state index is 12.7. The van der Waals surface area contributed by atoms with E-state index < -0.39 is 25.5 Å². The van der Waals surface area contributed by atoms with Crippen LogP contribution in [0.4, 0.5) is 13.2 Å². The van der Waals surface area contributed by atoms with Gasteiger partial charge < -0.3 is 4.43 Å². The Morgan fingerprint density at radius 2 is 1.82 bits per heavy atom. The van der Waals surface area contributed by atoms with Crippen LogP contribution in [-0.2, 0) is 10.6 Å². The van der Waals surface area contributed by atoms with Gasteiger partial charge in [-0.3, -0.25) is 0 Å². The van der Waals surface area contributed by atoms with Gasteiger partial charge in [-0.1, -0.05) is 27.4 Å². The number of nitrogens with zero attached hydrogens (tertiary/aromatic N) is 2. The first-order valence-corrected chi connectivity index (χ1v) is 9.96. The van der Waals surface area contributed by atoms with Gasteiger partial charge in [0.05, 0.1) is 12.3 Å². The Kier molecular flexibility index (Phi) is 5.47. The molecule has 0 N–H and O–H groups in total. The maximum atomic E-state index is 12.7. The molecule has 0 aliphatic rings. The summed E-state index contributed by atoms with van der Waals surface area (Å²) in [5.74, 6) is 0. The van der Waals surface area contributed by atoms with Crippen LogP contribution in [0.3, 0.4) is 0 Å². The van der Waals surface area contributed by atoms with Crippen LogP contribution in [0.2, 0.25) is 23.4 Å².